The number of rotatable bonds is 2. The molecule has 0 fully saturated rings. The number of fused-ring (bicyclic) bond motifs is 1. The number of halogens is 1. The van der Waals surface area contributed by atoms with Crippen molar-refractivity contribution in [2.45, 2.75) is 13.3 Å². The fourth-order valence-corrected chi connectivity index (χ4v) is 1.61. The molecule has 1 aromatic carbocycles. The van der Waals surface area contributed by atoms with Crippen LogP contribution in [0.1, 0.15) is 12.5 Å². The van der Waals surface area contributed by atoms with Gasteiger partial charge in [-0.1, -0.05) is 6.92 Å². The summed E-state index contributed by atoms with van der Waals surface area (Å²) in [6.07, 6.45) is 2.10. The maximum Gasteiger partial charge on any atom is 0.145 e. The number of ether oxygens (including phenoxy) is 1. The molecule has 0 unspecified atom stereocenters. The number of hydrogen-bond donors (Lipinski definition) is 0. The van der Waals surface area contributed by atoms with E-state index in [1.54, 1.807) is 7.11 Å². The first-order valence-electron chi connectivity index (χ1n) is 4.86. The average molecular weight is 205 g/mol. The molecule has 0 bridgehead atoms. The minimum Gasteiger partial charge on any atom is -0.494 e. The summed E-state index contributed by atoms with van der Waals surface area (Å²) < 4.78 is 18.2. The first kappa shape index (κ1) is 9.90. The lowest BCUT2D eigenvalue weighted by molar-refractivity contribution is 0.418. The third-order valence-corrected chi connectivity index (χ3v) is 2.40. The van der Waals surface area contributed by atoms with Crippen molar-refractivity contribution in [1.82, 2.24) is 4.98 Å². The monoisotopic (exact) mass is 205 g/mol. The normalized spacial score (nSPS) is 10.6. The van der Waals surface area contributed by atoms with E-state index in [1.165, 1.54) is 12.3 Å². The summed E-state index contributed by atoms with van der Waals surface area (Å²) >= 11 is 0. The van der Waals surface area contributed by atoms with Crippen LogP contribution in [0.4, 0.5) is 4.39 Å². The van der Waals surface area contributed by atoms with E-state index < -0.39 is 0 Å². The summed E-state index contributed by atoms with van der Waals surface area (Å²) in [7, 11) is 1.60. The first-order chi connectivity index (χ1) is 7.24. The highest BCUT2D eigenvalue weighted by molar-refractivity contribution is 5.85. The Kier molecular flexibility index (Phi) is 2.54. The average Bonchev–Trinajstić information content (AvgIpc) is 2.26. The molecule has 0 saturated heterocycles. The molecule has 0 saturated carbocycles. The van der Waals surface area contributed by atoms with Crippen molar-refractivity contribution in [2.24, 2.45) is 0 Å². The van der Waals surface area contributed by atoms with Gasteiger partial charge in [0, 0.05) is 5.39 Å². The number of pyridine rings is 1. The predicted molar refractivity (Wildman–Crippen MR) is 57.6 cm³/mol. The third-order valence-electron chi connectivity index (χ3n) is 2.40. The Balaban J connectivity index is 2.74. The molecule has 1 heterocycles. The van der Waals surface area contributed by atoms with Gasteiger partial charge < -0.3 is 4.74 Å². The zero-order valence-corrected chi connectivity index (χ0v) is 8.75. The Morgan fingerprint density at radius 1 is 1.33 bits per heavy atom. The van der Waals surface area contributed by atoms with Crippen LogP contribution in [0.25, 0.3) is 10.9 Å². The van der Waals surface area contributed by atoms with E-state index >= 15 is 0 Å². The molecule has 0 spiro atoms. The van der Waals surface area contributed by atoms with Gasteiger partial charge in [0.05, 0.1) is 13.3 Å². The highest BCUT2D eigenvalue weighted by atomic mass is 19.1. The molecular formula is C12H12FNO. The van der Waals surface area contributed by atoms with Crippen molar-refractivity contribution in [1.29, 1.82) is 0 Å². The second-order valence-corrected chi connectivity index (χ2v) is 3.38. The van der Waals surface area contributed by atoms with Crippen LogP contribution in [0.5, 0.6) is 5.75 Å². The van der Waals surface area contributed by atoms with Gasteiger partial charge in [-0.3, -0.25) is 0 Å². The summed E-state index contributed by atoms with van der Waals surface area (Å²) in [6.45, 7) is 2.05. The molecule has 3 heteroatoms. The van der Waals surface area contributed by atoms with E-state index in [0.717, 1.165) is 17.4 Å². The lowest BCUT2D eigenvalue weighted by Gasteiger charge is -2.07. The number of aryl methyl sites for hydroxylation is 1. The standard InChI is InChI=1S/C12H12FNO/c1-3-8-4-9-6-10(13)7-14-12(9)11(5-8)15-2/h4-7H,3H2,1-2H3. The molecule has 78 valence electrons. The van der Waals surface area contributed by atoms with Gasteiger partial charge in [0.2, 0.25) is 0 Å². The van der Waals surface area contributed by atoms with Crippen LogP contribution in [0, 0.1) is 5.82 Å². The number of hydrogen-bond acceptors (Lipinski definition) is 2. The lowest BCUT2D eigenvalue weighted by atomic mass is 10.1. The van der Waals surface area contributed by atoms with Crippen LogP contribution in [0.3, 0.4) is 0 Å². The fraction of sp³-hybridized carbons (Fsp3) is 0.250. The number of methoxy groups -OCH3 is 1. The molecule has 2 rings (SSSR count). The van der Waals surface area contributed by atoms with Crippen molar-refractivity contribution in [2.75, 3.05) is 7.11 Å². The van der Waals surface area contributed by atoms with Crippen molar-refractivity contribution < 1.29 is 9.13 Å². The van der Waals surface area contributed by atoms with E-state index in [-0.39, 0.29) is 5.82 Å². The summed E-state index contributed by atoms with van der Waals surface area (Å²) in [5.74, 6) is 0.377. The van der Waals surface area contributed by atoms with Gasteiger partial charge in [0.15, 0.2) is 0 Å². The third kappa shape index (κ3) is 1.77. The van der Waals surface area contributed by atoms with Crippen LogP contribution in [0.2, 0.25) is 0 Å². The fourth-order valence-electron chi connectivity index (χ4n) is 1.61. The molecule has 0 aliphatic rings. The molecule has 1 aromatic heterocycles. The zero-order valence-electron chi connectivity index (χ0n) is 8.75. The van der Waals surface area contributed by atoms with Crippen LogP contribution in [0.15, 0.2) is 24.4 Å². The van der Waals surface area contributed by atoms with Gasteiger partial charge in [-0.25, -0.2) is 9.37 Å². The maximum absolute atomic E-state index is 13.0. The Morgan fingerprint density at radius 2 is 2.13 bits per heavy atom. The van der Waals surface area contributed by atoms with Gasteiger partial charge >= 0.3 is 0 Å². The van der Waals surface area contributed by atoms with Crippen molar-refractivity contribution in [3.05, 3.63) is 35.8 Å². The highest BCUT2D eigenvalue weighted by Crippen LogP contribution is 2.26. The zero-order chi connectivity index (χ0) is 10.8. The number of aromatic nitrogens is 1. The van der Waals surface area contributed by atoms with E-state index in [4.69, 9.17) is 4.74 Å². The molecule has 0 atom stereocenters. The van der Waals surface area contributed by atoms with Crippen molar-refractivity contribution >= 4 is 10.9 Å². The molecule has 15 heavy (non-hydrogen) atoms. The summed E-state index contributed by atoms with van der Waals surface area (Å²) in [5.41, 5.74) is 1.82. The molecule has 0 aliphatic heterocycles. The second kappa shape index (κ2) is 3.85. The smallest absolute Gasteiger partial charge is 0.145 e. The maximum atomic E-state index is 13.0. The minimum absolute atomic E-state index is 0.321. The van der Waals surface area contributed by atoms with Gasteiger partial charge in [0.1, 0.15) is 17.1 Å². The van der Waals surface area contributed by atoms with E-state index in [1.807, 2.05) is 19.1 Å². The second-order valence-electron chi connectivity index (χ2n) is 3.38. The Hall–Kier alpha value is -1.64. The van der Waals surface area contributed by atoms with Crippen LogP contribution < -0.4 is 4.74 Å². The number of nitrogens with zero attached hydrogens (tertiary/aromatic N) is 1. The van der Waals surface area contributed by atoms with Crippen molar-refractivity contribution in [3.63, 3.8) is 0 Å². The Bertz CT molecular complexity index is 496. The molecular weight excluding hydrogens is 193 g/mol. The molecule has 0 aliphatic carbocycles. The van der Waals surface area contributed by atoms with Gasteiger partial charge in [-0.2, -0.15) is 0 Å². The molecule has 2 nitrogen and oxygen atoms in total. The number of benzene rings is 1. The predicted octanol–water partition coefficient (Wildman–Crippen LogP) is 2.94. The van der Waals surface area contributed by atoms with E-state index in [9.17, 15) is 4.39 Å². The van der Waals surface area contributed by atoms with Gasteiger partial charge in [-0.15, -0.1) is 0 Å². The quantitative estimate of drug-likeness (QED) is 0.752. The Morgan fingerprint density at radius 3 is 2.80 bits per heavy atom. The van der Waals surface area contributed by atoms with Crippen LogP contribution in [-0.4, -0.2) is 12.1 Å². The summed E-state index contributed by atoms with van der Waals surface area (Å²) in [6, 6.07) is 5.35. The van der Waals surface area contributed by atoms with Crippen molar-refractivity contribution in [3.8, 4) is 5.75 Å². The van der Waals surface area contributed by atoms with Crippen LogP contribution >= 0.6 is 0 Å². The van der Waals surface area contributed by atoms with E-state index in [2.05, 4.69) is 4.98 Å². The van der Waals surface area contributed by atoms with Gasteiger partial charge in [-0.05, 0) is 30.2 Å². The summed E-state index contributed by atoms with van der Waals surface area (Å²) in [5, 5.41) is 0.784. The molecule has 0 amide bonds. The minimum atomic E-state index is -0.321. The topological polar surface area (TPSA) is 22.1 Å². The molecule has 0 N–H and O–H groups in total. The van der Waals surface area contributed by atoms with E-state index in [0.29, 0.717) is 11.3 Å². The van der Waals surface area contributed by atoms with Crippen LogP contribution in [-0.2, 0) is 6.42 Å². The molecule has 0 radical (unpaired) electrons. The summed E-state index contributed by atoms with van der Waals surface area (Å²) in [4.78, 5) is 4.03. The molecule has 2 aromatic rings. The first-order valence-corrected chi connectivity index (χ1v) is 4.86. The largest absolute Gasteiger partial charge is 0.494 e. The lowest BCUT2D eigenvalue weighted by Crippen LogP contribution is -1.91. The van der Waals surface area contributed by atoms with Gasteiger partial charge in [0.25, 0.3) is 0 Å². The Labute approximate surface area is 87.7 Å². The highest BCUT2D eigenvalue weighted by Gasteiger charge is 2.05. The SMILES string of the molecule is CCc1cc(OC)c2ncc(F)cc2c1.